The van der Waals surface area contributed by atoms with Gasteiger partial charge in [0, 0.05) is 11.3 Å². The summed E-state index contributed by atoms with van der Waals surface area (Å²) < 4.78 is 11.5. The summed E-state index contributed by atoms with van der Waals surface area (Å²) in [5.74, 6) is -0.923. The Bertz CT molecular complexity index is 1460. The van der Waals surface area contributed by atoms with Crippen molar-refractivity contribution >= 4 is 23.4 Å². The zero-order chi connectivity index (χ0) is 28.5. The maximum Gasteiger partial charge on any atom is 0.330 e. The molecule has 0 radical (unpaired) electrons. The number of benzene rings is 4. The highest BCUT2D eigenvalue weighted by Gasteiger charge is 2.28. The van der Waals surface area contributed by atoms with E-state index in [0.717, 1.165) is 5.56 Å². The molecule has 0 aliphatic carbocycles. The van der Waals surface area contributed by atoms with Crippen molar-refractivity contribution < 1.29 is 24.2 Å². The molecule has 9 nitrogen and oxygen atoms in total. The molecule has 0 aromatic heterocycles. The Morgan fingerprint density at radius 3 is 2.10 bits per heavy atom. The van der Waals surface area contributed by atoms with Crippen LogP contribution in [-0.2, 0) is 16.2 Å². The van der Waals surface area contributed by atoms with Crippen molar-refractivity contribution in [2.45, 2.75) is 18.7 Å². The largest absolute Gasteiger partial charge is 0.493 e. The van der Waals surface area contributed by atoms with Crippen LogP contribution in [0.4, 0.5) is 5.69 Å². The van der Waals surface area contributed by atoms with Gasteiger partial charge in [-0.2, -0.15) is 0 Å². The average Bonchev–Trinajstić information content (AvgIpc) is 2.98. The predicted molar refractivity (Wildman–Crippen MR) is 153 cm³/mol. The number of hydrogen-bond donors (Lipinski definition) is 5. The minimum absolute atomic E-state index is 0.0798. The maximum atomic E-state index is 13.6. The molecule has 204 valence electrons. The second kappa shape index (κ2) is 13.0. The van der Waals surface area contributed by atoms with Gasteiger partial charge in [0.25, 0.3) is 0 Å². The van der Waals surface area contributed by atoms with Crippen molar-refractivity contribution in [1.82, 2.24) is 5.32 Å². The number of amides is 1. The number of nitrogen functional groups attached to an aromatic ring is 1. The maximum absolute atomic E-state index is 13.6. The van der Waals surface area contributed by atoms with Crippen LogP contribution in [0.15, 0.2) is 103 Å². The number of rotatable bonds is 12. The van der Waals surface area contributed by atoms with E-state index < -0.39 is 24.0 Å². The Morgan fingerprint density at radius 1 is 0.850 bits per heavy atom. The predicted octanol–water partition coefficient (Wildman–Crippen LogP) is 4.65. The molecule has 0 spiro atoms. The molecule has 6 N–H and O–H groups in total. The molecule has 40 heavy (non-hydrogen) atoms. The summed E-state index contributed by atoms with van der Waals surface area (Å²) in [6.45, 7) is 0.332. The lowest BCUT2D eigenvalue weighted by Gasteiger charge is -2.24. The van der Waals surface area contributed by atoms with E-state index in [0.29, 0.717) is 40.5 Å². The smallest absolute Gasteiger partial charge is 0.330 e. The molecular weight excluding hydrogens is 508 g/mol. The molecule has 0 heterocycles. The summed E-state index contributed by atoms with van der Waals surface area (Å²) in [6.07, 6.45) is 0. The lowest BCUT2D eigenvalue weighted by Crippen LogP contribution is -2.39. The van der Waals surface area contributed by atoms with E-state index in [1.807, 2.05) is 30.3 Å². The fourth-order valence-electron chi connectivity index (χ4n) is 4.09. The van der Waals surface area contributed by atoms with Gasteiger partial charge in [0.1, 0.15) is 18.5 Å². The monoisotopic (exact) mass is 538 g/mol. The summed E-state index contributed by atoms with van der Waals surface area (Å²) in [4.78, 5) is 25.7. The Kier molecular flexibility index (Phi) is 8.99. The Morgan fingerprint density at radius 2 is 1.50 bits per heavy atom. The van der Waals surface area contributed by atoms with Gasteiger partial charge >= 0.3 is 5.97 Å². The first kappa shape index (κ1) is 27.7. The molecule has 0 aliphatic rings. The minimum atomic E-state index is -1.26. The fraction of sp³-hybridized carbons (Fsp3) is 0.129. The molecule has 0 aliphatic heterocycles. The van der Waals surface area contributed by atoms with Gasteiger partial charge in [-0.3, -0.25) is 10.2 Å². The number of methoxy groups -OCH3 is 1. The zero-order valence-corrected chi connectivity index (χ0v) is 21.8. The van der Waals surface area contributed by atoms with E-state index in [4.69, 9.17) is 20.6 Å². The molecule has 1 amide bonds. The van der Waals surface area contributed by atoms with E-state index in [9.17, 15) is 14.7 Å². The minimum Gasteiger partial charge on any atom is -0.493 e. The normalized spacial score (nSPS) is 12.0. The number of amidine groups is 1. The van der Waals surface area contributed by atoms with E-state index >= 15 is 0 Å². The van der Waals surface area contributed by atoms with Crippen LogP contribution in [0, 0.1) is 5.41 Å². The number of nitrogens with two attached hydrogens (primary N) is 1. The number of carbonyl (C=O) groups excluding carboxylic acids is 1. The van der Waals surface area contributed by atoms with Crippen molar-refractivity contribution in [2.75, 3.05) is 12.4 Å². The van der Waals surface area contributed by atoms with Crippen molar-refractivity contribution in [3.63, 3.8) is 0 Å². The van der Waals surface area contributed by atoms with Crippen molar-refractivity contribution in [3.05, 3.63) is 125 Å². The Labute approximate surface area is 232 Å². The summed E-state index contributed by atoms with van der Waals surface area (Å²) in [6, 6.07) is 27.7. The van der Waals surface area contributed by atoms with Crippen molar-refractivity contribution in [1.29, 1.82) is 5.41 Å². The standard InChI is InChI=1S/C31H30N4O5/c1-39-26-18-23(14-17-25(26)40-19-20-8-4-2-5-9-20)27(34-24-15-12-22(13-16-24)29(32)33)30(36)35-28(31(37)38)21-10-6-3-7-11-21/h2-18,27-28,34H,19H2,1H3,(H3,32,33)(H,35,36)(H,37,38)/t27-,28-/m1/s1. The highest BCUT2D eigenvalue weighted by Crippen LogP contribution is 2.33. The van der Waals surface area contributed by atoms with Gasteiger partial charge < -0.3 is 30.9 Å². The number of hydrogen-bond acceptors (Lipinski definition) is 6. The molecule has 9 heteroatoms. The topological polar surface area (TPSA) is 147 Å². The van der Waals surface area contributed by atoms with Gasteiger partial charge in [0.15, 0.2) is 17.5 Å². The van der Waals surface area contributed by atoms with Gasteiger partial charge in [0.05, 0.1) is 7.11 Å². The third-order valence-corrected chi connectivity index (χ3v) is 6.19. The molecule has 4 aromatic rings. The van der Waals surface area contributed by atoms with E-state index in [2.05, 4.69) is 10.6 Å². The number of nitrogens with one attached hydrogen (secondary N) is 3. The Hall–Kier alpha value is -5.31. The Balaban J connectivity index is 1.64. The van der Waals surface area contributed by atoms with E-state index in [1.165, 1.54) is 7.11 Å². The van der Waals surface area contributed by atoms with Gasteiger partial charge in [-0.25, -0.2) is 4.79 Å². The van der Waals surface area contributed by atoms with Crippen LogP contribution in [0.1, 0.15) is 34.3 Å². The van der Waals surface area contributed by atoms with Crippen molar-refractivity contribution in [3.8, 4) is 11.5 Å². The first-order valence-electron chi connectivity index (χ1n) is 12.5. The first-order chi connectivity index (χ1) is 19.4. The van der Waals surface area contributed by atoms with Gasteiger partial charge in [-0.05, 0) is 53.1 Å². The molecule has 0 saturated carbocycles. The molecule has 0 unspecified atom stereocenters. The second-order valence-electron chi connectivity index (χ2n) is 8.94. The number of aliphatic carboxylic acids is 1. The molecule has 4 rings (SSSR count). The summed E-state index contributed by atoms with van der Waals surface area (Å²) in [5.41, 5.74) is 8.62. The highest BCUT2D eigenvalue weighted by molar-refractivity contribution is 5.95. The van der Waals surface area contributed by atoms with Crippen LogP contribution in [0.5, 0.6) is 11.5 Å². The number of anilines is 1. The number of ether oxygens (including phenoxy) is 2. The first-order valence-corrected chi connectivity index (χ1v) is 12.5. The van der Waals surface area contributed by atoms with E-state index in [1.54, 1.807) is 72.8 Å². The van der Waals surface area contributed by atoms with Crippen LogP contribution < -0.4 is 25.8 Å². The summed E-state index contributed by atoms with van der Waals surface area (Å²) in [5, 5.41) is 23.3. The van der Waals surface area contributed by atoms with Crippen molar-refractivity contribution in [2.24, 2.45) is 5.73 Å². The van der Waals surface area contributed by atoms with Gasteiger partial charge in [-0.1, -0.05) is 66.7 Å². The molecular formula is C31H30N4O5. The van der Waals surface area contributed by atoms with Gasteiger partial charge in [0.2, 0.25) is 5.91 Å². The lowest BCUT2D eigenvalue weighted by molar-refractivity contribution is -0.142. The molecule has 0 saturated heterocycles. The quantitative estimate of drug-likeness (QED) is 0.130. The van der Waals surface area contributed by atoms with Crippen LogP contribution in [0.3, 0.4) is 0 Å². The van der Waals surface area contributed by atoms with Gasteiger partial charge in [-0.15, -0.1) is 0 Å². The lowest BCUT2D eigenvalue weighted by atomic mass is 10.0. The van der Waals surface area contributed by atoms with E-state index in [-0.39, 0.29) is 5.84 Å². The fourth-order valence-corrected chi connectivity index (χ4v) is 4.09. The second-order valence-corrected chi connectivity index (χ2v) is 8.94. The summed E-state index contributed by atoms with van der Waals surface area (Å²) in [7, 11) is 1.51. The number of carboxylic acid groups (broad SMARTS) is 1. The molecule has 2 atom stereocenters. The number of carbonyl (C=O) groups is 2. The molecule has 0 fully saturated rings. The van der Waals surface area contributed by atoms with Crippen LogP contribution >= 0.6 is 0 Å². The average molecular weight is 539 g/mol. The highest BCUT2D eigenvalue weighted by atomic mass is 16.5. The molecule has 4 aromatic carbocycles. The number of carboxylic acids is 1. The third-order valence-electron chi connectivity index (χ3n) is 6.19. The van der Waals surface area contributed by atoms with Crippen LogP contribution in [-0.4, -0.2) is 29.9 Å². The van der Waals surface area contributed by atoms with Crippen LogP contribution in [0.25, 0.3) is 0 Å². The van der Waals surface area contributed by atoms with Crippen LogP contribution in [0.2, 0.25) is 0 Å². The third kappa shape index (κ3) is 6.96. The zero-order valence-electron chi connectivity index (χ0n) is 21.8. The summed E-state index contributed by atoms with van der Waals surface area (Å²) >= 11 is 0. The SMILES string of the molecule is COc1cc([C@@H](Nc2ccc(C(=N)N)cc2)C(=O)N[C@@H](C(=O)O)c2ccccc2)ccc1OCc1ccccc1. The molecule has 0 bridgehead atoms.